The maximum absolute atomic E-state index is 15.7. The zero-order chi connectivity index (χ0) is 49.2. The third-order valence-corrected chi connectivity index (χ3v) is 18.4. The molecular formula is C64H66O2S4. The number of carbonyl (C=O) groups excluding carboxylic acids is 2. The molecule has 2 nitrogen and oxygen atoms in total. The summed E-state index contributed by atoms with van der Waals surface area (Å²) in [6.07, 6.45) is 10.8. The Labute approximate surface area is 435 Å². The van der Waals surface area contributed by atoms with Gasteiger partial charge in [0.25, 0.3) is 0 Å². The van der Waals surface area contributed by atoms with Gasteiger partial charge in [0.15, 0.2) is 11.6 Å². The number of benzene rings is 7. The minimum atomic E-state index is -0.112. The number of fused-ring (bicyclic) bond motifs is 2. The molecule has 0 heterocycles. The van der Waals surface area contributed by atoms with Crippen LogP contribution in [-0.4, -0.2) is 11.6 Å². The lowest BCUT2D eigenvalue weighted by molar-refractivity contribution is 0.0970. The van der Waals surface area contributed by atoms with Crippen molar-refractivity contribution in [2.24, 2.45) is 5.92 Å². The first-order valence-electron chi connectivity index (χ1n) is 25.3. The fourth-order valence-corrected chi connectivity index (χ4v) is 13.7. The number of rotatable bonds is 14. The summed E-state index contributed by atoms with van der Waals surface area (Å²) in [5.74, 6) is 1.35. The lowest BCUT2D eigenvalue weighted by Gasteiger charge is -2.29. The Morgan fingerprint density at radius 3 is 1.13 bits per heavy atom. The minimum Gasteiger partial charge on any atom is -0.288 e. The molecule has 2 aliphatic carbocycles. The van der Waals surface area contributed by atoms with Gasteiger partial charge < -0.3 is 0 Å². The van der Waals surface area contributed by atoms with Gasteiger partial charge in [0.05, 0.1) is 0 Å². The maximum atomic E-state index is 15.7. The van der Waals surface area contributed by atoms with Crippen molar-refractivity contribution in [3.05, 3.63) is 190 Å². The lowest BCUT2D eigenvalue weighted by Crippen LogP contribution is -2.24. The number of carbonyl (C=O) groups is 2. The van der Waals surface area contributed by atoms with Crippen molar-refractivity contribution in [3.63, 3.8) is 0 Å². The van der Waals surface area contributed by atoms with Gasteiger partial charge in [-0.3, -0.25) is 9.59 Å². The Balaban J connectivity index is 1.06. The zero-order valence-electron chi connectivity index (χ0n) is 42.1. The third kappa shape index (κ3) is 11.5. The first-order valence-corrected chi connectivity index (χ1v) is 28.5. The van der Waals surface area contributed by atoms with E-state index >= 15 is 9.59 Å². The van der Waals surface area contributed by atoms with Crippen LogP contribution in [0.25, 0.3) is 11.1 Å². The quantitative estimate of drug-likeness (QED) is 0.101. The summed E-state index contributed by atoms with van der Waals surface area (Å²) in [7, 11) is 0. The van der Waals surface area contributed by atoms with E-state index in [1.165, 1.54) is 79.2 Å². The molecule has 7 aromatic carbocycles. The molecule has 9 rings (SSSR count). The van der Waals surface area contributed by atoms with E-state index in [1.807, 2.05) is 18.2 Å². The van der Waals surface area contributed by atoms with E-state index in [2.05, 4.69) is 183 Å². The smallest absolute Gasteiger partial charge is 0.196 e. The summed E-state index contributed by atoms with van der Waals surface area (Å²) in [5, 5.41) is 0. The molecule has 7 aromatic rings. The van der Waals surface area contributed by atoms with Crippen molar-refractivity contribution < 1.29 is 9.59 Å². The second kappa shape index (κ2) is 21.6. The average molecular weight is 995 g/mol. The minimum absolute atomic E-state index is 0.0127. The van der Waals surface area contributed by atoms with Crippen molar-refractivity contribution >= 4 is 58.6 Å². The third-order valence-electron chi connectivity index (χ3n) is 14.2. The molecule has 70 heavy (non-hydrogen) atoms. The summed E-state index contributed by atoms with van der Waals surface area (Å²) in [6.45, 7) is 17.7. The molecule has 0 bridgehead atoms. The van der Waals surface area contributed by atoms with Crippen molar-refractivity contribution in [2.45, 2.75) is 163 Å². The Kier molecular flexibility index (Phi) is 15.5. The van der Waals surface area contributed by atoms with Crippen LogP contribution in [-0.2, 0) is 10.8 Å². The van der Waals surface area contributed by atoms with Crippen molar-refractivity contribution in [3.8, 4) is 11.1 Å². The number of hydrogen-bond donors (Lipinski definition) is 0. The molecule has 2 aliphatic rings. The van der Waals surface area contributed by atoms with Gasteiger partial charge >= 0.3 is 0 Å². The molecule has 0 unspecified atom stereocenters. The standard InChI is InChI=1S/C64H66O2S4/c1-9-10-11-12-42-15-17-43(18-16-42)44-19-21-45(22-20-44)46-23-31-50(32-24-46)68-54-38-37-53(67-49-29-13-41(2)14-30-49)57-58(54)62(66)60-56(70-52-35-27-48(28-36-52)64(6,7)8)40-39-55(59(60)61(57)65)69-51-33-25-47(26-34-51)63(3,4)5/h13-14,19-40,42-43H,9-12,15-18H2,1-8H3. The SMILES string of the molecule is CCCCCC1CCC(c2ccc(-c3ccc(Sc4ccc(Sc5ccc(C)cc5)c5c4C(=O)c4c(Sc6ccc(C(C)(C)C)cc6)ccc(Sc6ccc(C(C)(C)C)cc6)c4C5=O)cc3)cc2)CC1. The summed E-state index contributed by atoms with van der Waals surface area (Å²) in [6, 6.07) is 51.8. The van der Waals surface area contributed by atoms with E-state index in [1.54, 1.807) is 47.0 Å². The van der Waals surface area contributed by atoms with E-state index < -0.39 is 0 Å². The average Bonchev–Trinajstić information content (AvgIpc) is 3.35. The Morgan fingerprint density at radius 1 is 0.429 bits per heavy atom. The summed E-state index contributed by atoms with van der Waals surface area (Å²) in [4.78, 5) is 38.6. The zero-order valence-corrected chi connectivity index (χ0v) is 45.4. The molecule has 0 spiro atoms. The van der Waals surface area contributed by atoms with Gasteiger partial charge in [-0.05, 0) is 156 Å². The molecule has 6 heteroatoms. The summed E-state index contributed by atoms with van der Waals surface area (Å²) >= 11 is 6.22. The fraction of sp³-hybridized carbons (Fsp3) is 0.312. The van der Waals surface area contributed by atoms with Gasteiger partial charge in [-0.25, -0.2) is 0 Å². The van der Waals surface area contributed by atoms with Crippen molar-refractivity contribution in [2.75, 3.05) is 0 Å². The highest BCUT2D eigenvalue weighted by molar-refractivity contribution is 8.00. The topological polar surface area (TPSA) is 34.1 Å². The second-order valence-corrected chi connectivity index (χ2v) is 25.9. The van der Waals surface area contributed by atoms with E-state index in [0.29, 0.717) is 28.2 Å². The van der Waals surface area contributed by atoms with E-state index in [9.17, 15) is 0 Å². The molecule has 1 saturated carbocycles. The highest BCUT2D eigenvalue weighted by atomic mass is 32.2. The van der Waals surface area contributed by atoms with Crippen LogP contribution < -0.4 is 0 Å². The molecule has 0 atom stereocenters. The normalized spacial score (nSPS) is 16.0. The first kappa shape index (κ1) is 50.2. The number of ketones is 2. The molecule has 0 N–H and O–H groups in total. The molecule has 0 aromatic heterocycles. The largest absolute Gasteiger partial charge is 0.288 e. The fourth-order valence-electron chi connectivity index (χ4n) is 9.91. The van der Waals surface area contributed by atoms with Crippen LogP contribution in [0.1, 0.15) is 160 Å². The summed E-state index contributed by atoms with van der Waals surface area (Å²) in [5.41, 5.74) is 9.46. The Hall–Kier alpha value is -4.72. The van der Waals surface area contributed by atoms with Crippen LogP contribution in [0.15, 0.2) is 185 Å². The van der Waals surface area contributed by atoms with Gasteiger partial charge in [0.1, 0.15) is 0 Å². The highest BCUT2D eigenvalue weighted by Gasteiger charge is 2.38. The molecule has 0 saturated heterocycles. The monoisotopic (exact) mass is 994 g/mol. The molecule has 0 amide bonds. The van der Waals surface area contributed by atoms with Crippen LogP contribution in [0.3, 0.4) is 0 Å². The van der Waals surface area contributed by atoms with Gasteiger partial charge in [0, 0.05) is 61.4 Å². The first-order chi connectivity index (χ1) is 33.6. The van der Waals surface area contributed by atoms with E-state index in [-0.39, 0.29) is 22.4 Å². The predicted molar refractivity (Wildman–Crippen MR) is 298 cm³/mol. The van der Waals surface area contributed by atoms with E-state index in [4.69, 9.17) is 0 Å². The van der Waals surface area contributed by atoms with Crippen LogP contribution in [0.4, 0.5) is 0 Å². The maximum Gasteiger partial charge on any atom is 0.196 e. The molecular weight excluding hydrogens is 929 g/mol. The van der Waals surface area contributed by atoms with Crippen LogP contribution >= 0.6 is 47.0 Å². The van der Waals surface area contributed by atoms with E-state index in [0.717, 1.165) is 50.6 Å². The Morgan fingerprint density at radius 2 is 0.771 bits per heavy atom. The highest BCUT2D eigenvalue weighted by Crippen LogP contribution is 2.49. The Bertz CT molecular complexity index is 2970. The van der Waals surface area contributed by atoms with Crippen molar-refractivity contribution in [1.29, 1.82) is 0 Å². The van der Waals surface area contributed by atoms with Crippen LogP contribution in [0, 0.1) is 12.8 Å². The van der Waals surface area contributed by atoms with Crippen LogP contribution in [0.2, 0.25) is 0 Å². The van der Waals surface area contributed by atoms with Gasteiger partial charge in [-0.1, -0.05) is 200 Å². The second-order valence-electron chi connectivity index (χ2n) is 21.4. The van der Waals surface area contributed by atoms with Crippen LogP contribution in [0.5, 0.6) is 0 Å². The number of unbranched alkanes of at least 4 members (excludes halogenated alkanes) is 2. The molecule has 358 valence electrons. The lowest BCUT2D eigenvalue weighted by atomic mass is 9.77. The molecule has 0 aliphatic heterocycles. The molecule has 0 radical (unpaired) electrons. The van der Waals surface area contributed by atoms with Gasteiger partial charge in [-0.15, -0.1) is 0 Å². The summed E-state index contributed by atoms with van der Waals surface area (Å²) < 4.78 is 0. The molecule has 1 fully saturated rings. The van der Waals surface area contributed by atoms with Gasteiger partial charge in [0.2, 0.25) is 0 Å². The van der Waals surface area contributed by atoms with Crippen molar-refractivity contribution in [1.82, 2.24) is 0 Å². The number of aryl methyl sites for hydroxylation is 1. The number of hydrogen-bond acceptors (Lipinski definition) is 6. The predicted octanol–water partition coefficient (Wildman–Crippen LogP) is 19.5. The van der Waals surface area contributed by atoms with Gasteiger partial charge in [-0.2, -0.15) is 0 Å².